The van der Waals surface area contributed by atoms with Crippen LogP contribution < -0.4 is 0 Å². The van der Waals surface area contributed by atoms with Crippen LogP contribution >= 0.6 is 31.9 Å². The molecule has 0 aromatic rings. The van der Waals surface area contributed by atoms with E-state index in [0.717, 1.165) is 57.0 Å². The molecule has 5 saturated carbocycles. The lowest BCUT2D eigenvalue weighted by molar-refractivity contribution is 0.0290. The van der Waals surface area contributed by atoms with Gasteiger partial charge in [-0.2, -0.15) is 0 Å². The fourth-order valence-electron chi connectivity index (χ4n) is 7.00. The normalized spacial score (nSPS) is 73.9. The van der Waals surface area contributed by atoms with Crippen molar-refractivity contribution in [2.24, 2.45) is 47.3 Å². The quantitative estimate of drug-likeness (QED) is 0.580. The summed E-state index contributed by atoms with van der Waals surface area (Å²) >= 11 is 8.25. The van der Waals surface area contributed by atoms with Crippen molar-refractivity contribution in [2.45, 2.75) is 35.3 Å². The maximum absolute atomic E-state index is 4.14. The van der Waals surface area contributed by atoms with Gasteiger partial charge in [-0.15, -0.1) is 0 Å². The number of fused-ring (bicyclic) bond motifs is 3. The van der Waals surface area contributed by atoms with E-state index in [1.54, 1.807) is 19.3 Å². The molecule has 0 radical (unpaired) electrons. The monoisotopic (exact) mass is 344 g/mol. The van der Waals surface area contributed by atoms with Crippen molar-refractivity contribution in [2.75, 3.05) is 0 Å². The van der Waals surface area contributed by atoms with Gasteiger partial charge >= 0.3 is 0 Å². The van der Waals surface area contributed by atoms with Crippen molar-refractivity contribution >= 4 is 31.9 Å². The highest BCUT2D eigenvalue weighted by Gasteiger charge is 2.71. The summed E-state index contributed by atoms with van der Waals surface area (Å²) in [4.78, 5) is 1.76. The second-order valence-electron chi connectivity index (χ2n) is 7.01. The molecule has 0 saturated heterocycles. The molecule has 88 valence electrons. The molecule has 0 amide bonds. The molecular formula is C14H18Br2. The first-order chi connectivity index (χ1) is 7.79. The lowest BCUT2D eigenvalue weighted by Crippen LogP contribution is -2.50. The number of alkyl halides is 2. The van der Waals surface area contributed by atoms with Crippen molar-refractivity contribution in [3.63, 3.8) is 0 Å². The van der Waals surface area contributed by atoms with Crippen LogP contribution in [0.1, 0.15) is 25.7 Å². The summed E-state index contributed by atoms with van der Waals surface area (Å²) in [5.74, 6) is 8.61. The minimum absolute atomic E-state index is 0.880. The fraction of sp³-hybridized carbons (Fsp3) is 1.00. The Hall–Kier alpha value is 0.960. The second-order valence-corrected chi connectivity index (χ2v) is 9.12. The second kappa shape index (κ2) is 2.92. The maximum Gasteiger partial charge on any atom is 0.0213 e. The van der Waals surface area contributed by atoms with Crippen LogP contribution in [0.5, 0.6) is 0 Å². The predicted octanol–water partition coefficient (Wildman–Crippen LogP) is 4.07. The van der Waals surface area contributed by atoms with Gasteiger partial charge in [0.15, 0.2) is 0 Å². The van der Waals surface area contributed by atoms with Crippen LogP contribution in [-0.2, 0) is 0 Å². The van der Waals surface area contributed by atoms with E-state index < -0.39 is 0 Å². The smallest absolute Gasteiger partial charge is 0.0213 e. The van der Waals surface area contributed by atoms with Crippen LogP contribution in [0.15, 0.2) is 0 Å². The molecule has 0 nitrogen and oxygen atoms in total. The Morgan fingerprint density at radius 1 is 0.500 bits per heavy atom. The zero-order valence-electron chi connectivity index (χ0n) is 9.36. The van der Waals surface area contributed by atoms with Gasteiger partial charge in [-0.3, -0.25) is 0 Å². The summed E-state index contributed by atoms with van der Waals surface area (Å²) < 4.78 is 0. The van der Waals surface area contributed by atoms with Crippen LogP contribution in [0.2, 0.25) is 0 Å². The van der Waals surface area contributed by atoms with Gasteiger partial charge in [-0.25, -0.2) is 0 Å². The van der Waals surface area contributed by atoms with E-state index >= 15 is 0 Å². The molecule has 0 unspecified atom stereocenters. The molecule has 5 aliphatic carbocycles. The first-order valence-corrected chi connectivity index (χ1v) is 8.90. The van der Waals surface area contributed by atoms with Gasteiger partial charge in [0, 0.05) is 9.65 Å². The molecule has 5 aliphatic rings. The molecule has 0 N–H and O–H groups in total. The Morgan fingerprint density at radius 2 is 1.00 bits per heavy atom. The molecule has 0 aromatic heterocycles. The molecule has 2 heteroatoms. The summed E-state index contributed by atoms with van der Waals surface area (Å²) in [5, 5.41) is 0. The number of halogens is 2. The first kappa shape index (κ1) is 9.83. The Balaban J connectivity index is 1.77. The fourth-order valence-corrected chi connectivity index (χ4v) is 9.93. The Morgan fingerprint density at radius 3 is 1.69 bits per heavy atom. The summed E-state index contributed by atoms with van der Waals surface area (Å²) in [6.45, 7) is 0. The molecule has 7 bridgehead atoms. The third-order valence-corrected chi connectivity index (χ3v) is 9.59. The van der Waals surface area contributed by atoms with E-state index in [-0.39, 0.29) is 0 Å². The van der Waals surface area contributed by atoms with E-state index in [1.165, 1.54) is 6.42 Å². The highest BCUT2D eigenvalue weighted by molar-refractivity contribution is 9.09. The largest absolute Gasteiger partial charge is 0.0884 e. The Kier molecular flexibility index (Phi) is 1.80. The summed E-state index contributed by atoms with van der Waals surface area (Å²) in [7, 11) is 0. The Bertz CT molecular complexity index is 351. The molecule has 0 aromatic carbocycles. The van der Waals surface area contributed by atoms with Crippen molar-refractivity contribution in [1.82, 2.24) is 0 Å². The lowest BCUT2D eigenvalue weighted by Gasteiger charge is -2.52. The van der Waals surface area contributed by atoms with Gasteiger partial charge in [0.1, 0.15) is 0 Å². The van der Waals surface area contributed by atoms with E-state index in [9.17, 15) is 0 Å². The summed E-state index contributed by atoms with van der Waals surface area (Å²) in [6, 6.07) is 0. The third kappa shape index (κ3) is 0.839. The van der Waals surface area contributed by atoms with E-state index in [4.69, 9.17) is 0 Å². The predicted molar refractivity (Wildman–Crippen MR) is 71.8 cm³/mol. The molecule has 10 atom stereocenters. The number of rotatable bonds is 0. The molecule has 0 aliphatic heterocycles. The summed E-state index contributed by atoms with van der Waals surface area (Å²) in [6.07, 6.45) is 6.22. The highest BCUT2D eigenvalue weighted by atomic mass is 79.9. The Labute approximate surface area is 114 Å². The minimum atomic E-state index is 0.880. The first-order valence-electron chi connectivity index (χ1n) is 7.07. The van der Waals surface area contributed by atoms with Gasteiger partial charge in [0.05, 0.1) is 0 Å². The van der Waals surface area contributed by atoms with Gasteiger partial charge < -0.3 is 0 Å². The van der Waals surface area contributed by atoms with Gasteiger partial charge in [-0.1, -0.05) is 31.9 Å². The highest BCUT2D eigenvalue weighted by Crippen LogP contribution is 2.75. The number of hydrogen-bond donors (Lipinski definition) is 0. The van der Waals surface area contributed by atoms with Crippen molar-refractivity contribution in [3.8, 4) is 0 Å². The van der Waals surface area contributed by atoms with Crippen molar-refractivity contribution in [3.05, 3.63) is 0 Å². The average Bonchev–Trinajstić information content (AvgIpc) is 2.68. The van der Waals surface area contributed by atoms with Gasteiger partial charge in [-0.05, 0) is 73.0 Å². The molecular weight excluding hydrogens is 328 g/mol. The minimum Gasteiger partial charge on any atom is -0.0884 e. The van der Waals surface area contributed by atoms with E-state index in [1.807, 2.05) is 0 Å². The van der Waals surface area contributed by atoms with Crippen molar-refractivity contribution < 1.29 is 0 Å². The molecule has 16 heavy (non-hydrogen) atoms. The van der Waals surface area contributed by atoms with Crippen LogP contribution in [0.4, 0.5) is 0 Å². The van der Waals surface area contributed by atoms with Gasteiger partial charge in [0.2, 0.25) is 0 Å². The summed E-state index contributed by atoms with van der Waals surface area (Å²) in [5.41, 5.74) is 0. The maximum atomic E-state index is 4.14. The SMILES string of the molecule is Br[C@@H]1[C@H]2[C@H]3CC[C@H]4[C@@H]1[C@H]1CC[C@@H]2[C@H]1[C@H]4[C@@H]3Br. The lowest BCUT2D eigenvalue weighted by atomic mass is 9.58. The van der Waals surface area contributed by atoms with Crippen molar-refractivity contribution in [1.29, 1.82) is 0 Å². The standard InChI is InChI=1S/C14H18Br2/c15-13-8-4-3-7-10-5-1-2-6(9(5)12(7)13)11(8)14(10)16/h5-14H,1-4H2/t5-,6+,7-,8+,9-,10-,11+,12-,13+,14-/m0/s1. The zero-order chi connectivity index (χ0) is 10.6. The van der Waals surface area contributed by atoms with Crippen LogP contribution in [0.25, 0.3) is 0 Å². The molecule has 0 spiro atoms. The molecule has 5 rings (SSSR count). The molecule has 5 fully saturated rings. The third-order valence-electron chi connectivity index (χ3n) is 7.08. The average molecular weight is 346 g/mol. The van der Waals surface area contributed by atoms with E-state index in [2.05, 4.69) is 31.9 Å². The topological polar surface area (TPSA) is 0 Å². The van der Waals surface area contributed by atoms with Gasteiger partial charge in [0.25, 0.3) is 0 Å². The number of hydrogen-bond acceptors (Lipinski definition) is 0. The zero-order valence-corrected chi connectivity index (χ0v) is 12.5. The van der Waals surface area contributed by atoms with Crippen LogP contribution in [-0.4, -0.2) is 9.65 Å². The van der Waals surface area contributed by atoms with Crippen LogP contribution in [0.3, 0.4) is 0 Å². The van der Waals surface area contributed by atoms with Crippen LogP contribution in [0, 0.1) is 47.3 Å². The molecule has 0 heterocycles. The van der Waals surface area contributed by atoms with E-state index in [0.29, 0.717) is 0 Å².